The van der Waals surface area contributed by atoms with E-state index in [1.165, 1.54) is 5.69 Å². The van der Waals surface area contributed by atoms with Crippen LogP contribution in [0, 0.1) is 0 Å². The summed E-state index contributed by atoms with van der Waals surface area (Å²) in [7, 11) is 6.27. The van der Waals surface area contributed by atoms with Gasteiger partial charge < -0.3 is 10.2 Å². The molecule has 0 saturated heterocycles. The van der Waals surface area contributed by atoms with Crippen molar-refractivity contribution in [1.29, 1.82) is 0 Å². The van der Waals surface area contributed by atoms with Crippen LogP contribution >= 0.6 is 15.9 Å². The zero-order chi connectivity index (χ0) is 13.9. The number of hydrogen-bond acceptors (Lipinski definition) is 3. The Hall–Kier alpha value is -0.390. The Morgan fingerprint density at radius 2 is 2.11 bits per heavy atom. The predicted molar refractivity (Wildman–Crippen MR) is 79.7 cm³/mol. The Morgan fingerprint density at radius 1 is 1.50 bits per heavy atom. The topological polar surface area (TPSA) is 33.1 Å². The van der Waals surface area contributed by atoms with Crippen LogP contribution in [0.25, 0.3) is 0 Å². The lowest BCUT2D eigenvalue weighted by Crippen LogP contribution is -2.51. The molecule has 0 aliphatic heterocycles. The largest absolute Gasteiger partial charge is 0.307 e. The molecule has 0 aromatic carbocycles. The summed E-state index contributed by atoms with van der Waals surface area (Å²) in [6, 6.07) is 0.240. The van der Waals surface area contributed by atoms with E-state index in [-0.39, 0.29) is 11.6 Å². The fourth-order valence-electron chi connectivity index (χ4n) is 2.34. The van der Waals surface area contributed by atoms with Crippen molar-refractivity contribution < 1.29 is 0 Å². The van der Waals surface area contributed by atoms with E-state index < -0.39 is 0 Å². The molecular weight excluding hydrogens is 292 g/mol. The van der Waals surface area contributed by atoms with Crippen LogP contribution in [0.4, 0.5) is 0 Å². The van der Waals surface area contributed by atoms with Gasteiger partial charge in [0.15, 0.2) is 0 Å². The van der Waals surface area contributed by atoms with Gasteiger partial charge in [0.25, 0.3) is 0 Å². The van der Waals surface area contributed by atoms with Crippen LogP contribution in [0.1, 0.15) is 38.9 Å². The summed E-state index contributed by atoms with van der Waals surface area (Å²) in [6.45, 7) is 7.60. The van der Waals surface area contributed by atoms with Gasteiger partial charge in [-0.05, 0) is 49.9 Å². The van der Waals surface area contributed by atoms with Gasteiger partial charge in [0.2, 0.25) is 0 Å². The molecular formula is C13H25BrN4. The van der Waals surface area contributed by atoms with Gasteiger partial charge in [0.1, 0.15) is 0 Å². The quantitative estimate of drug-likeness (QED) is 0.875. The van der Waals surface area contributed by atoms with Crippen LogP contribution in [0.3, 0.4) is 0 Å². The van der Waals surface area contributed by atoms with Crippen molar-refractivity contribution in [3.05, 3.63) is 16.4 Å². The molecule has 5 heteroatoms. The Kier molecular flexibility index (Phi) is 5.37. The van der Waals surface area contributed by atoms with E-state index in [2.05, 4.69) is 66.1 Å². The zero-order valence-electron chi connectivity index (χ0n) is 12.3. The lowest BCUT2D eigenvalue weighted by Gasteiger charge is -2.43. The molecule has 1 aromatic rings. The summed E-state index contributed by atoms with van der Waals surface area (Å²) in [6.07, 6.45) is 2.93. The molecule has 4 nitrogen and oxygen atoms in total. The number of nitrogens with zero attached hydrogens (tertiary/aromatic N) is 3. The molecule has 2 atom stereocenters. The van der Waals surface area contributed by atoms with Crippen molar-refractivity contribution in [2.24, 2.45) is 7.05 Å². The molecule has 104 valence electrons. The average Bonchev–Trinajstić information content (AvgIpc) is 2.65. The molecule has 1 aromatic heterocycles. The second-order valence-corrected chi connectivity index (χ2v) is 5.95. The molecule has 0 fully saturated rings. The number of aryl methyl sites for hydroxylation is 1. The van der Waals surface area contributed by atoms with Gasteiger partial charge in [-0.1, -0.05) is 13.8 Å². The first kappa shape index (κ1) is 15.7. The fourth-order valence-corrected chi connectivity index (χ4v) is 2.92. The molecule has 0 amide bonds. The lowest BCUT2D eigenvalue weighted by atomic mass is 9.85. The molecule has 0 aliphatic carbocycles. The molecule has 18 heavy (non-hydrogen) atoms. The highest BCUT2D eigenvalue weighted by Crippen LogP contribution is 2.35. The summed E-state index contributed by atoms with van der Waals surface area (Å²) in [5.74, 6) is 0. The average molecular weight is 317 g/mol. The Morgan fingerprint density at radius 3 is 2.44 bits per heavy atom. The summed E-state index contributed by atoms with van der Waals surface area (Å²) in [4.78, 5) is 2.29. The second kappa shape index (κ2) is 6.17. The third-order valence-electron chi connectivity index (χ3n) is 3.98. The summed E-state index contributed by atoms with van der Waals surface area (Å²) < 4.78 is 3.02. The van der Waals surface area contributed by atoms with E-state index in [4.69, 9.17) is 0 Å². The molecule has 0 radical (unpaired) electrons. The van der Waals surface area contributed by atoms with Gasteiger partial charge in [0.05, 0.1) is 22.4 Å². The Balaban J connectivity index is 3.25. The normalized spacial score (nSPS) is 16.9. The number of likely N-dealkylation sites (N-methyl/N-ethyl adjacent to an activating group) is 2. The van der Waals surface area contributed by atoms with Crippen LogP contribution in [0.15, 0.2) is 10.7 Å². The minimum absolute atomic E-state index is 0.0479. The summed E-state index contributed by atoms with van der Waals surface area (Å²) >= 11 is 3.62. The monoisotopic (exact) mass is 316 g/mol. The van der Waals surface area contributed by atoms with Crippen molar-refractivity contribution in [3.8, 4) is 0 Å². The van der Waals surface area contributed by atoms with Crippen molar-refractivity contribution in [2.75, 3.05) is 20.6 Å². The summed E-state index contributed by atoms with van der Waals surface area (Å²) in [5.41, 5.74) is 1.25. The van der Waals surface area contributed by atoms with Crippen LogP contribution in [-0.4, -0.2) is 40.9 Å². The molecule has 0 saturated carbocycles. The number of rotatable bonds is 6. The van der Waals surface area contributed by atoms with Crippen LogP contribution < -0.4 is 5.32 Å². The van der Waals surface area contributed by atoms with Crippen molar-refractivity contribution in [3.63, 3.8) is 0 Å². The van der Waals surface area contributed by atoms with Gasteiger partial charge in [-0.15, -0.1) is 0 Å². The van der Waals surface area contributed by atoms with E-state index in [1.54, 1.807) is 0 Å². The number of hydrogen-bond donors (Lipinski definition) is 1. The van der Waals surface area contributed by atoms with Crippen molar-refractivity contribution in [1.82, 2.24) is 20.0 Å². The lowest BCUT2D eigenvalue weighted by molar-refractivity contribution is 0.109. The fraction of sp³-hybridized carbons (Fsp3) is 0.769. The molecule has 0 spiro atoms. The maximum absolute atomic E-state index is 4.34. The first-order valence-electron chi connectivity index (χ1n) is 6.46. The minimum atomic E-state index is 0.0479. The van der Waals surface area contributed by atoms with Gasteiger partial charge in [0, 0.05) is 12.6 Å². The summed E-state index contributed by atoms with van der Waals surface area (Å²) in [5, 5.41) is 7.94. The van der Waals surface area contributed by atoms with E-state index in [1.807, 2.05) is 17.9 Å². The molecule has 0 bridgehead atoms. The van der Waals surface area contributed by atoms with E-state index in [9.17, 15) is 0 Å². The standard InChI is InChI=1S/C13H25BrN4/c1-7-13(3,17(4)5)12(15-8-2)11-10(14)9-16-18(11)6/h9,12,15H,7-8H2,1-6H3. The van der Waals surface area contributed by atoms with Gasteiger partial charge >= 0.3 is 0 Å². The Labute approximate surface area is 119 Å². The highest BCUT2D eigenvalue weighted by atomic mass is 79.9. The van der Waals surface area contributed by atoms with Gasteiger partial charge in [-0.25, -0.2) is 0 Å². The van der Waals surface area contributed by atoms with Crippen LogP contribution in [0.5, 0.6) is 0 Å². The van der Waals surface area contributed by atoms with Gasteiger partial charge in [-0.3, -0.25) is 4.68 Å². The maximum atomic E-state index is 4.34. The second-order valence-electron chi connectivity index (χ2n) is 5.10. The number of nitrogens with one attached hydrogen (secondary N) is 1. The third kappa shape index (κ3) is 2.78. The highest BCUT2D eigenvalue weighted by molar-refractivity contribution is 9.10. The zero-order valence-corrected chi connectivity index (χ0v) is 13.9. The SMILES string of the molecule is CCNC(c1c(Br)cnn1C)C(C)(CC)N(C)C. The van der Waals surface area contributed by atoms with Crippen molar-refractivity contribution >= 4 is 15.9 Å². The third-order valence-corrected chi connectivity index (χ3v) is 4.59. The molecule has 0 aliphatic rings. The van der Waals surface area contributed by atoms with E-state index >= 15 is 0 Å². The highest BCUT2D eigenvalue weighted by Gasteiger charge is 2.38. The van der Waals surface area contributed by atoms with Crippen LogP contribution in [0.2, 0.25) is 0 Å². The first-order chi connectivity index (χ1) is 8.38. The molecule has 2 unspecified atom stereocenters. The maximum Gasteiger partial charge on any atom is 0.0711 e. The Bertz CT molecular complexity index is 369. The molecule has 1 N–H and O–H groups in total. The molecule has 1 heterocycles. The molecule has 1 rings (SSSR count). The predicted octanol–water partition coefficient (Wildman–Crippen LogP) is 2.56. The first-order valence-corrected chi connectivity index (χ1v) is 7.26. The smallest absolute Gasteiger partial charge is 0.0711 e. The van der Waals surface area contributed by atoms with E-state index in [0.717, 1.165) is 17.4 Å². The van der Waals surface area contributed by atoms with E-state index in [0.29, 0.717) is 0 Å². The van der Waals surface area contributed by atoms with Crippen LogP contribution in [-0.2, 0) is 7.05 Å². The minimum Gasteiger partial charge on any atom is -0.307 e. The van der Waals surface area contributed by atoms with Gasteiger partial charge in [-0.2, -0.15) is 5.10 Å². The van der Waals surface area contributed by atoms with Crippen molar-refractivity contribution in [2.45, 2.75) is 38.8 Å². The number of halogens is 1. The number of aromatic nitrogens is 2.